The molecule has 5 heteroatoms. The molecule has 1 aliphatic rings. The van der Waals surface area contributed by atoms with Crippen molar-refractivity contribution < 1.29 is 4.79 Å². The number of carbonyl (C=O) groups excluding carboxylic acids is 1. The summed E-state index contributed by atoms with van der Waals surface area (Å²) in [6.45, 7) is 3.60. The van der Waals surface area contributed by atoms with Crippen molar-refractivity contribution in [3.8, 4) is 0 Å². The van der Waals surface area contributed by atoms with E-state index < -0.39 is 0 Å². The molecule has 1 amide bonds. The number of para-hydroxylation sites is 1. The molecule has 0 atom stereocenters. The number of hydrogen-bond donors (Lipinski definition) is 2. The molecule has 0 aromatic heterocycles. The third-order valence-corrected chi connectivity index (χ3v) is 4.67. The molecular formula is C20H23N3OS. The molecule has 0 unspecified atom stereocenters. The summed E-state index contributed by atoms with van der Waals surface area (Å²) < 4.78 is 0. The molecule has 4 nitrogen and oxygen atoms in total. The van der Waals surface area contributed by atoms with Crippen molar-refractivity contribution in [1.29, 1.82) is 0 Å². The summed E-state index contributed by atoms with van der Waals surface area (Å²) in [6.07, 6.45) is 2.56. The van der Waals surface area contributed by atoms with Crippen molar-refractivity contribution in [1.82, 2.24) is 5.32 Å². The van der Waals surface area contributed by atoms with Crippen LogP contribution in [0.4, 0.5) is 11.4 Å². The van der Waals surface area contributed by atoms with Gasteiger partial charge in [0.1, 0.15) is 0 Å². The molecule has 2 N–H and O–H groups in total. The van der Waals surface area contributed by atoms with Gasteiger partial charge in [-0.25, -0.2) is 0 Å². The van der Waals surface area contributed by atoms with Gasteiger partial charge >= 0.3 is 0 Å². The predicted octanol–water partition coefficient (Wildman–Crippen LogP) is 3.86. The lowest BCUT2D eigenvalue weighted by Gasteiger charge is -2.16. The number of nitrogens with zero attached hydrogens (tertiary/aromatic N) is 1. The second-order valence-electron chi connectivity index (χ2n) is 6.13. The van der Waals surface area contributed by atoms with Gasteiger partial charge in [0.05, 0.1) is 0 Å². The van der Waals surface area contributed by atoms with Crippen molar-refractivity contribution in [3.63, 3.8) is 0 Å². The predicted molar refractivity (Wildman–Crippen MR) is 107 cm³/mol. The molecule has 0 saturated carbocycles. The Hall–Kier alpha value is -2.40. The third kappa shape index (κ3) is 4.37. The van der Waals surface area contributed by atoms with Crippen LogP contribution in [0, 0.1) is 0 Å². The van der Waals surface area contributed by atoms with Gasteiger partial charge in [-0.05, 0) is 54.4 Å². The summed E-state index contributed by atoms with van der Waals surface area (Å²) in [5, 5.41) is 7.11. The molecule has 1 fully saturated rings. The molecule has 3 rings (SSSR count). The van der Waals surface area contributed by atoms with Crippen molar-refractivity contribution in [3.05, 3.63) is 59.7 Å². The van der Waals surface area contributed by atoms with E-state index in [0.29, 0.717) is 18.1 Å². The van der Waals surface area contributed by atoms with Crippen LogP contribution in [0.5, 0.6) is 0 Å². The van der Waals surface area contributed by atoms with Crippen LogP contribution in [0.2, 0.25) is 0 Å². The van der Waals surface area contributed by atoms with Gasteiger partial charge in [0.2, 0.25) is 5.91 Å². The molecule has 0 spiro atoms. The van der Waals surface area contributed by atoms with Gasteiger partial charge in [-0.2, -0.15) is 0 Å². The molecule has 1 saturated heterocycles. The van der Waals surface area contributed by atoms with Gasteiger partial charge < -0.3 is 15.5 Å². The summed E-state index contributed by atoms with van der Waals surface area (Å²) in [4.78, 5) is 13.6. The van der Waals surface area contributed by atoms with Crippen molar-refractivity contribution in [2.45, 2.75) is 32.7 Å². The fourth-order valence-electron chi connectivity index (χ4n) is 3.01. The zero-order valence-corrected chi connectivity index (χ0v) is 15.2. The Morgan fingerprint density at radius 3 is 2.60 bits per heavy atom. The van der Waals surface area contributed by atoms with Crippen LogP contribution in [0.3, 0.4) is 0 Å². The van der Waals surface area contributed by atoms with Crippen molar-refractivity contribution in [2.24, 2.45) is 0 Å². The topological polar surface area (TPSA) is 44.4 Å². The lowest BCUT2D eigenvalue weighted by Crippen LogP contribution is -2.28. The number of rotatable bonds is 5. The maximum absolute atomic E-state index is 11.8. The lowest BCUT2D eigenvalue weighted by atomic mass is 10.1. The molecule has 0 radical (unpaired) electrons. The SMILES string of the molecule is CCc1ccccc1NC(=S)NCc1ccc(N2CCCC2=O)cc1. The largest absolute Gasteiger partial charge is 0.358 e. The zero-order valence-electron chi connectivity index (χ0n) is 14.4. The summed E-state index contributed by atoms with van der Waals surface area (Å²) in [5.41, 5.74) is 4.39. The lowest BCUT2D eigenvalue weighted by molar-refractivity contribution is -0.117. The molecule has 0 aliphatic carbocycles. The van der Waals surface area contributed by atoms with Crippen LogP contribution >= 0.6 is 12.2 Å². The van der Waals surface area contributed by atoms with E-state index in [1.165, 1.54) is 5.56 Å². The minimum Gasteiger partial charge on any atom is -0.358 e. The highest BCUT2D eigenvalue weighted by Gasteiger charge is 2.21. The first-order valence-corrected chi connectivity index (χ1v) is 9.10. The molecule has 0 bridgehead atoms. The van der Waals surface area contributed by atoms with E-state index in [1.807, 2.05) is 47.4 Å². The fourth-order valence-corrected chi connectivity index (χ4v) is 3.20. The fraction of sp³-hybridized carbons (Fsp3) is 0.300. The third-order valence-electron chi connectivity index (χ3n) is 4.42. The first-order valence-electron chi connectivity index (χ1n) is 8.69. The van der Waals surface area contributed by atoms with Gasteiger partial charge in [0.15, 0.2) is 5.11 Å². The minimum absolute atomic E-state index is 0.214. The molecule has 1 heterocycles. The summed E-state index contributed by atoms with van der Waals surface area (Å²) in [5.74, 6) is 0.214. The maximum Gasteiger partial charge on any atom is 0.227 e. The average Bonchev–Trinajstić information content (AvgIpc) is 3.07. The van der Waals surface area contributed by atoms with E-state index in [2.05, 4.69) is 23.6 Å². The average molecular weight is 353 g/mol. The number of anilines is 2. The first-order chi connectivity index (χ1) is 12.2. The van der Waals surface area contributed by atoms with Crippen molar-refractivity contribution in [2.75, 3.05) is 16.8 Å². The Balaban J connectivity index is 1.54. The zero-order chi connectivity index (χ0) is 17.6. The highest BCUT2D eigenvalue weighted by atomic mass is 32.1. The second-order valence-corrected chi connectivity index (χ2v) is 6.54. The molecule has 25 heavy (non-hydrogen) atoms. The normalized spacial score (nSPS) is 13.8. The first kappa shape index (κ1) is 17.4. The van der Waals surface area contributed by atoms with E-state index in [4.69, 9.17) is 12.2 Å². The van der Waals surface area contributed by atoms with Gasteiger partial charge in [-0.1, -0.05) is 37.3 Å². The molecule has 2 aromatic rings. The van der Waals surface area contributed by atoms with Crippen LogP contribution in [0.25, 0.3) is 0 Å². The van der Waals surface area contributed by atoms with E-state index in [0.717, 1.165) is 36.3 Å². The van der Waals surface area contributed by atoms with E-state index in [1.54, 1.807) is 0 Å². The highest BCUT2D eigenvalue weighted by molar-refractivity contribution is 7.80. The number of nitrogens with one attached hydrogen (secondary N) is 2. The van der Waals surface area contributed by atoms with Crippen LogP contribution in [-0.2, 0) is 17.8 Å². The van der Waals surface area contributed by atoms with Gasteiger partial charge in [-0.3, -0.25) is 4.79 Å². The van der Waals surface area contributed by atoms with E-state index >= 15 is 0 Å². The summed E-state index contributed by atoms with van der Waals surface area (Å²) in [6, 6.07) is 16.3. The molecular weight excluding hydrogens is 330 g/mol. The quantitative estimate of drug-likeness (QED) is 0.801. The molecule has 1 aliphatic heterocycles. The Morgan fingerprint density at radius 1 is 1.16 bits per heavy atom. The van der Waals surface area contributed by atoms with Crippen LogP contribution in [0.15, 0.2) is 48.5 Å². The number of aryl methyl sites for hydroxylation is 1. The smallest absolute Gasteiger partial charge is 0.227 e. The van der Waals surface area contributed by atoms with E-state index in [-0.39, 0.29) is 5.91 Å². The highest BCUT2D eigenvalue weighted by Crippen LogP contribution is 2.21. The Kier molecular flexibility index (Phi) is 5.66. The van der Waals surface area contributed by atoms with Gasteiger partial charge in [0.25, 0.3) is 0 Å². The Bertz CT molecular complexity index is 758. The summed E-state index contributed by atoms with van der Waals surface area (Å²) >= 11 is 5.40. The van der Waals surface area contributed by atoms with Gasteiger partial charge in [0, 0.05) is 30.9 Å². The standard InChI is InChI=1S/C20H23N3OS/c1-2-16-6-3-4-7-18(16)22-20(25)21-14-15-9-11-17(12-10-15)23-13-5-8-19(23)24/h3-4,6-7,9-12H,2,5,8,13-14H2,1H3,(H2,21,22,25). The maximum atomic E-state index is 11.8. The van der Waals surface area contributed by atoms with Gasteiger partial charge in [-0.15, -0.1) is 0 Å². The number of carbonyl (C=O) groups is 1. The Labute approximate surface area is 154 Å². The number of hydrogen-bond acceptors (Lipinski definition) is 2. The number of benzene rings is 2. The van der Waals surface area contributed by atoms with Crippen LogP contribution in [0.1, 0.15) is 30.9 Å². The van der Waals surface area contributed by atoms with E-state index in [9.17, 15) is 4.79 Å². The molecule has 130 valence electrons. The monoisotopic (exact) mass is 353 g/mol. The van der Waals surface area contributed by atoms with Crippen LogP contribution < -0.4 is 15.5 Å². The summed E-state index contributed by atoms with van der Waals surface area (Å²) in [7, 11) is 0. The second kappa shape index (κ2) is 8.12. The molecule has 2 aromatic carbocycles. The minimum atomic E-state index is 0.214. The number of amides is 1. The number of thiocarbonyl (C=S) groups is 1. The van der Waals surface area contributed by atoms with Crippen molar-refractivity contribution >= 4 is 34.6 Å². The Morgan fingerprint density at radius 2 is 1.92 bits per heavy atom. The van der Waals surface area contributed by atoms with Crippen LogP contribution in [-0.4, -0.2) is 17.6 Å².